The molecule has 0 atom stereocenters. The largest absolute Gasteiger partial charge is 1.00 e. The van der Waals surface area contributed by atoms with Crippen LogP contribution in [0.4, 0.5) is 0 Å². The number of aryl methyl sites for hydroxylation is 2. The van der Waals surface area contributed by atoms with Crippen molar-refractivity contribution in [2.45, 2.75) is 39.5 Å². The van der Waals surface area contributed by atoms with Crippen molar-refractivity contribution in [3.05, 3.63) is 56.5 Å². The Morgan fingerprint density at radius 2 is 1.65 bits per heavy atom. The number of hydrogen-bond donors (Lipinski definition) is 0. The van der Waals surface area contributed by atoms with Crippen molar-refractivity contribution < 1.29 is 57.7 Å². The van der Waals surface area contributed by atoms with Crippen molar-refractivity contribution in [3.8, 4) is 0 Å². The van der Waals surface area contributed by atoms with Crippen LogP contribution in [-0.2, 0) is 25.9 Å². The number of halogens is 3. The predicted octanol–water partition coefficient (Wildman–Crippen LogP) is -4.65. The Morgan fingerprint density at radius 1 is 1.05 bits per heavy atom. The summed E-state index contributed by atoms with van der Waals surface area (Å²) >= 11 is 2.23. The average Bonchev–Trinajstić information content (AvgIpc) is 2.68. The Labute approximate surface area is 153 Å². The van der Waals surface area contributed by atoms with E-state index in [9.17, 15) is 0 Å². The van der Waals surface area contributed by atoms with Crippen molar-refractivity contribution in [2.75, 3.05) is 0 Å². The van der Waals surface area contributed by atoms with Crippen LogP contribution in [-0.4, -0.2) is 0 Å². The Morgan fingerprint density at radius 3 is 2.15 bits per heavy atom. The molecule has 1 aromatic carbocycles. The maximum absolute atomic E-state index is 2.35. The van der Waals surface area contributed by atoms with E-state index in [0.717, 1.165) is 6.42 Å². The SMILES string of the molecule is Cc1ccc(C)c(C(C)(C)C2=[C]([Ti+3])C=CC2)c1.[Cl-].[Cl-].[Cl-]. The fourth-order valence-corrected chi connectivity index (χ4v) is 3.50. The molecule has 0 amide bonds. The van der Waals surface area contributed by atoms with Crippen molar-refractivity contribution in [2.24, 2.45) is 0 Å². The van der Waals surface area contributed by atoms with E-state index in [0.29, 0.717) is 0 Å². The fourth-order valence-electron chi connectivity index (χ4n) is 2.67. The van der Waals surface area contributed by atoms with Crippen molar-refractivity contribution >= 4 is 0 Å². The van der Waals surface area contributed by atoms with E-state index in [1.54, 1.807) is 5.57 Å². The van der Waals surface area contributed by atoms with E-state index in [4.69, 9.17) is 0 Å². The minimum atomic E-state index is 0. The molecule has 0 aliphatic heterocycles. The summed E-state index contributed by atoms with van der Waals surface area (Å²) in [5.74, 6) is 0. The van der Waals surface area contributed by atoms with Gasteiger partial charge in [-0.15, -0.1) is 0 Å². The van der Waals surface area contributed by atoms with Crippen LogP contribution in [0.25, 0.3) is 0 Å². The number of allylic oxidation sites excluding steroid dienone is 4. The summed E-state index contributed by atoms with van der Waals surface area (Å²) in [6.07, 6.45) is 5.63. The van der Waals surface area contributed by atoms with Gasteiger partial charge in [0.25, 0.3) is 0 Å². The first kappa shape index (κ1) is 22.6. The molecule has 0 aromatic heterocycles. The number of benzene rings is 1. The molecule has 0 N–H and O–H groups in total. The minimum absolute atomic E-state index is 0. The zero-order chi connectivity index (χ0) is 12.6. The maximum atomic E-state index is 2.35. The van der Waals surface area contributed by atoms with Crippen LogP contribution in [0.2, 0.25) is 0 Å². The Bertz CT molecular complexity index is 516. The van der Waals surface area contributed by atoms with Crippen molar-refractivity contribution in [1.29, 1.82) is 0 Å². The second kappa shape index (κ2) is 8.66. The van der Waals surface area contributed by atoms with Crippen LogP contribution in [0.3, 0.4) is 0 Å². The first-order valence-electron chi connectivity index (χ1n) is 6.12. The van der Waals surface area contributed by atoms with E-state index in [1.807, 2.05) is 0 Å². The molecule has 1 aromatic rings. The summed E-state index contributed by atoms with van der Waals surface area (Å²) in [7, 11) is 0. The molecule has 20 heavy (non-hydrogen) atoms. The van der Waals surface area contributed by atoms with Crippen molar-refractivity contribution in [1.82, 2.24) is 0 Å². The van der Waals surface area contributed by atoms with Crippen LogP contribution < -0.4 is 37.2 Å². The first-order valence-corrected chi connectivity index (χ1v) is 6.90. The van der Waals surface area contributed by atoms with Gasteiger partial charge in [0.1, 0.15) is 0 Å². The van der Waals surface area contributed by atoms with Gasteiger partial charge in [0.2, 0.25) is 0 Å². The van der Waals surface area contributed by atoms with Gasteiger partial charge in [0, 0.05) is 0 Å². The predicted molar refractivity (Wildman–Crippen MR) is 69.7 cm³/mol. The Balaban J connectivity index is 0. The third-order valence-electron chi connectivity index (χ3n) is 3.75. The molecule has 4 heteroatoms. The van der Waals surface area contributed by atoms with Crippen LogP contribution in [0.1, 0.15) is 37.0 Å². The van der Waals surface area contributed by atoms with Gasteiger partial charge in [0.15, 0.2) is 0 Å². The van der Waals surface area contributed by atoms with E-state index in [1.165, 1.54) is 20.6 Å². The van der Waals surface area contributed by atoms with Gasteiger partial charge >= 0.3 is 116 Å². The smallest absolute Gasteiger partial charge is 1.00 e. The van der Waals surface area contributed by atoms with E-state index in [-0.39, 0.29) is 42.6 Å². The molecule has 0 bridgehead atoms. The monoisotopic (exact) mass is 364 g/mol. The molecule has 0 saturated heterocycles. The summed E-state index contributed by atoms with van der Waals surface area (Å²) in [6.45, 7) is 9.09. The standard InChI is InChI=1S/C16H19.3ClH.Ti/c1-12-9-10-13(2)15(11-12)16(3,4)14-7-5-6-8-14;;;;/h5-6,9-11H,7H2,1-4H3;3*1H;/q;;;;+3/p-3. The Hall–Kier alpha value is 0.284. The summed E-state index contributed by atoms with van der Waals surface area (Å²) in [5, 5.41) is 0. The molecule has 1 aliphatic carbocycles. The molecule has 0 fully saturated rings. The summed E-state index contributed by atoms with van der Waals surface area (Å²) in [5.41, 5.74) is 5.92. The zero-order valence-electron chi connectivity index (χ0n) is 12.2. The average molecular weight is 366 g/mol. The van der Waals surface area contributed by atoms with Gasteiger partial charge in [-0.1, -0.05) is 0 Å². The van der Waals surface area contributed by atoms with Gasteiger partial charge in [0.05, 0.1) is 0 Å². The molecular weight excluding hydrogens is 346 g/mol. The second-order valence-corrected chi connectivity index (χ2v) is 6.28. The molecule has 1 aliphatic rings. The van der Waals surface area contributed by atoms with E-state index < -0.39 is 0 Å². The van der Waals surface area contributed by atoms with Crippen LogP contribution in [0.15, 0.2) is 39.8 Å². The molecule has 0 nitrogen and oxygen atoms in total. The molecule has 0 spiro atoms. The number of hydrogen-bond acceptors (Lipinski definition) is 0. The van der Waals surface area contributed by atoms with Crippen LogP contribution >= 0.6 is 0 Å². The quantitative estimate of drug-likeness (QED) is 0.463. The van der Waals surface area contributed by atoms with Crippen LogP contribution in [0, 0.1) is 13.8 Å². The van der Waals surface area contributed by atoms with Gasteiger partial charge < -0.3 is 37.2 Å². The minimum Gasteiger partial charge on any atom is -1.00 e. The van der Waals surface area contributed by atoms with Crippen LogP contribution in [0.5, 0.6) is 0 Å². The molecule has 0 heterocycles. The second-order valence-electron chi connectivity index (χ2n) is 5.44. The van der Waals surface area contributed by atoms with Gasteiger partial charge in [-0.05, 0) is 0 Å². The molecule has 108 valence electrons. The molecule has 0 unspecified atom stereocenters. The summed E-state index contributed by atoms with van der Waals surface area (Å²) < 4.78 is 1.44. The normalized spacial score (nSPS) is 13.5. The molecular formula is C16H19Cl3Ti. The van der Waals surface area contributed by atoms with E-state index in [2.05, 4.69) is 78.5 Å². The third kappa shape index (κ3) is 4.39. The summed E-state index contributed by atoms with van der Waals surface area (Å²) in [6, 6.07) is 6.78. The topological polar surface area (TPSA) is 0 Å². The van der Waals surface area contributed by atoms with Crippen molar-refractivity contribution in [3.63, 3.8) is 0 Å². The zero-order valence-corrected chi connectivity index (χ0v) is 16.1. The molecule has 0 radical (unpaired) electrons. The van der Waals surface area contributed by atoms with Gasteiger partial charge in [-0.3, -0.25) is 0 Å². The molecule has 2 rings (SSSR count). The third-order valence-corrected chi connectivity index (χ3v) is 4.48. The van der Waals surface area contributed by atoms with Gasteiger partial charge in [-0.2, -0.15) is 0 Å². The van der Waals surface area contributed by atoms with Gasteiger partial charge in [-0.25, -0.2) is 0 Å². The Kier molecular flexibility index (Phi) is 9.77. The molecule has 0 saturated carbocycles. The first-order chi connectivity index (χ1) is 7.93. The number of rotatable bonds is 2. The summed E-state index contributed by atoms with van der Waals surface area (Å²) in [4.78, 5) is 0. The fraction of sp³-hybridized carbons (Fsp3) is 0.375. The van der Waals surface area contributed by atoms with E-state index >= 15 is 0 Å². The maximum Gasteiger partial charge on any atom is -1.00 e.